The lowest BCUT2D eigenvalue weighted by molar-refractivity contribution is -0.217. The van der Waals surface area contributed by atoms with Gasteiger partial charge in [-0.15, -0.1) is 0 Å². The van der Waals surface area contributed by atoms with Crippen LogP contribution in [0.15, 0.2) is 77.7 Å². The van der Waals surface area contributed by atoms with Crippen LogP contribution in [0.25, 0.3) is 0 Å². The summed E-state index contributed by atoms with van der Waals surface area (Å²) in [5.74, 6) is -1.07. The van der Waals surface area contributed by atoms with Crippen LogP contribution in [0.3, 0.4) is 0 Å². The van der Waals surface area contributed by atoms with Crippen molar-refractivity contribution in [2.45, 2.75) is 83.8 Å². The number of rotatable bonds is 12. The smallest absolute Gasteiger partial charge is 0.459 e. The molecule has 1 aromatic heterocycles. The fraction of sp³-hybridized carbons (Fsp3) is 0.485. The van der Waals surface area contributed by atoms with Gasteiger partial charge in [0.25, 0.3) is 0 Å². The number of nitrogens with zero attached hydrogens (tertiary/aromatic N) is 2. The lowest BCUT2D eigenvalue weighted by atomic mass is 9.96. The third kappa shape index (κ3) is 8.29. The molecule has 2 aliphatic heterocycles. The van der Waals surface area contributed by atoms with Crippen LogP contribution in [0.2, 0.25) is 0 Å². The van der Waals surface area contributed by atoms with Crippen molar-refractivity contribution in [2.75, 3.05) is 18.9 Å². The maximum atomic E-state index is 14.6. The number of fused-ring (bicyclic) bond motifs is 1. The molecule has 0 aliphatic carbocycles. The van der Waals surface area contributed by atoms with E-state index in [4.69, 9.17) is 33.7 Å². The molecule has 0 amide bonds. The van der Waals surface area contributed by atoms with Crippen molar-refractivity contribution in [3.8, 4) is 5.75 Å². The molecule has 0 saturated carbocycles. The van der Waals surface area contributed by atoms with Crippen LogP contribution in [-0.4, -0.2) is 58.4 Å². The topological polar surface area (TPSA) is 162 Å². The van der Waals surface area contributed by atoms with E-state index >= 15 is 0 Å². The molecule has 0 bridgehead atoms. The Balaban J connectivity index is 1.42. The van der Waals surface area contributed by atoms with E-state index in [1.165, 1.54) is 16.8 Å². The van der Waals surface area contributed by atoms with Crippen LogP contribution in [0, 0.1) is 5.41 Å². The lowest BCUT2D eigenvalue weighted by Crippen LogP contribution is -2.45. The first-order valence-electron chi connectivity index (χ1n) is 15.4. The molecule has 0 spiro atoms. The van der Waals surface area contributed by atoms with Crippen molar-refractivity contribution >= 4 is 19.5 Å². The zero-order chi connectivity index (χ0) is 34.0. The minimum Gasteiger partial charge on any atom is -0.464 e. The van der Waals surface area contributed by atoms with Crippen molar-refractivity contribution in [1.29, 1.82) is 0 Å². The molecule has 2 aromatic carbocycles. The SMILES string of the molecule is CC1(C)O[C@@H]2[C@@H](COP(=O)(NC(COC(=O)C(C)(C)C)Cc3ccccc3)Oc3ccccc3)O[C@@H](n3ccc(N)nc3=O)[C@]2(C)O1. The molecule has 47 heavy (non-hydrogen) atoms. The van der Waals surface area contributed by atoms with Gasteiger partial charge in [0.05, 0.1) is 18.1 Å². The van der Waals surface area contributed by atoms with Gasteiger partial charge in [-0.1, -0.05) is 48.5 Å². The van der Waals surface area contributed by atoms with Gasteiger partial charge in [-0.05, 0) is 71.7 Å². The van der Waals surface area contributed by atoms with E-state index in [1.807, 2.05) is 30.3 Å². The highest BCUT2D eigenvalue weighted by molar-refractivity contribution is 7.52. The predicted octanol–water partition coefficient (Wildman–Crippen LogP) is 4.63. The molecule has 3 N–H and O–H groups in total. The number of para-hydroxylation sites is 1. The van der Waals surface area contributed by atoms with Gasteiger partial charge in [0.15, 0.2) is 12.0 Å². The summed E-state index contributed by atoms with van der Waals surface area (Å²) in [4.78, 5) is 29.4. The Morgan fingerprint density at radius 2 is 1.74 bits per heavy atom. The molecular weight excluding hydrogens is 627 g/mol. The Bertz CT molecular complexity index is 1650. The standard InChI is InChI=1S/C33H43N4O9P/c1-31(2,3)29(38)41-20-23(19-22-13-9-7-10-14-22)36-47(40,45-24-15-11-8-12-16-24)42-21-25-27-33(6,46-32(4,5)44-27)28(43-25)37-18-17-26(34)35-30(37)39/h7-18,23,25,27-28H,19-21H2,1-6H3,(H,36,40)(H2,34,35,39)/t23?,25-,27-,28-,33-,47?/m1/s1. The van der Waals surface area contributed by atoms with Crippen molar-refractivity contribution in [2.24, 2.45) is 5.41 Å². The summed E-state index contributed by atoms with van der Waals surface area (Å²) in [6.45, 7) is 10.2. The van der Waals surface area contributed by atoms with Gasteiger partial charge < -0.3 is 29.2 Å². The number of esters is 1. The highest BCUT2D eigenvalue weighted by Crippen LogP contribution is 2.52. The molecule has 0 radical (unpaired) electrons. The second-order valence-corrected chi connectivity index (χ2v) is 15.0. The number of nitrogen functional groups attached to an aromatic ring is 1. The molecule has 3 heterocycles. The first-order valence-corrected chi connectivity index (χ1v) is 17.0. The summed E-state index contributed by atoms with van der Waals surface area (Å²) in [5.41, 5.74) is 4.13. The van der Waals surface area contributed by atoms with Gasteiger partial charge in [0.1, 0.15) is 36.0 Å². The summed E-state index contributed by atoms with van der Waals surface area (Å²) in [6.07, 6.45) is -0.714. The number of carbonyl (C=O) groups excluding carboxylic acids is 1. The Kier molecular flexibility index (Phi) is 9.98. The van der Waals surface area contributed by atoms with E-state index in [-0.39, 0.29) is 19.0 Å². The quantitative estimate of drug-likeness (QED) is 0.203. The highest BCUT2D eigenvalue weighted by Gasteiger charge is 2.64. The second-order valence-electron chi connectivity index (χ2n) is 13.4. The van der Waals surface area contributed by atoms with Crippen LogP contribution in [0.4, 0.5) is 5.82 Å². The summed E-state index contributed by atoms with van der Waals surface area (Å²) in [6, 6.07) is 18.9. The van der Waals surface area contributed by atoms with Crippen LogP contribution in [-0.2, 0) is 39.3 Å². The molecule has 2 aliphatic rings. The van der Waals surface area contributed by atoms with Crippen LogP contribution in [0.5, 0.6) is 5.75 Å². The molecule has 14 heteroatoms. The van der Waals surface area contributed by atoms with Crippen LogP contribution in [0.1, 0.15) is 53.3 Å². The first kappa shape index (κ1) is 34.7. The number of nitrogens with one attached hydrogen (secondary N) is 1. The summed E-state index contributed by atoms with van der Waals surface area (Å²) in [5, 5.41) is 3.03. The van der Waals surface area contributed by atoms with Crippen molar-refractivity contribution < 1.29 is 37.4 Å². The summed E-state index contributed by atoms with van der Waals surface area (Å²) < 4.78 is 52.5. The third-order valence-corrected chi connectivity index (χ3v) is 9.37. The number of anilines is 1. The Labute approximate surface area is 274 Å². The Morgan fingerprint density at radius 1 is 1.09 bits per heavy atom. The lowest BCUT2D eigenvalue weighted by Gasteiger charge is -2.30. The normalized spacial score (nSPS) is 25.4. The zero-order valence-electron chi connectivity index (χ0n) is 27.5. The monoisotopic (exact) mass is 670 g/mol. The molecule has 254 valence electrons. The number of ether oxygens (including phenoxy) is 4. The highest BCUT2D eigenvalue weighted by atomic mass is 31.2. The molecule has 2 saturated heterocycles. The van der Waals surface area contributed by atoms with E-state index in [1.54, 1.807) is 71.9 Å². The molecule has 13 nitrogen and oxygen atoms in total. The number of carbonyl (C=O) groups is 1. The predicted molar refractivity (Wildman–Crippen MR) is 173 cm³/mol. The molecule has 2 fully saturated rings. The number of hydrogen-bond acceptors (Lipinski definition) is 11. The zero-order valence-corrected chi connectivity index (χ0v) is 28.3. The van der Waals surface area contributed by atoms with E-state index < -0.39 is 60.7 Å². The van der Waals surface area contributed by atoms with Crippen molar-refractivity contribution in [1.82, 2.24) is 14.6 Å². The van der Waals surface area contributed by atoms with Gasteiger partial charge in [0.2, 0.25) is 0 Å². The first-order chi connectivity index (χ1) is 22.1. The minimum atomic E-state index is -4.20. The number of hydrogen-bond donors (Lipinski definition) is 2. The molecular formula is C33H43N4O9P. The van der Waals surface area contributed by atoms with Crippen LogP contribution < -0.4 is 21.0 Å². The fourth-order valence-electron chi connectivity index (χ4n) is 5.65. The Morgan fingerprint density at radius 3 is 2.38 bits per heavy atom. The van der Waals surface area contributed by atoms with Crippen molar-refractivity contribution in [3.63, 3.8) is 0 Å². The molecule has 3 aromatic rings. The maximum Gasteiger partial charge on any atom is 0.459 e. The maximum absolute atomic E-state index is 14.6. The van der Waals surface area contributed by atoms with Gasteiger partial charge in [-0.3, -0.25) is 13.9 Å². The van der Waals surface area contributed by atoms with Gasteiger partial charge in [-0.2, -0.15) is 4.98 Å². The largest absolute Gasteiger partial charge is 0.464 e. The molecule has 2 unspecified atom stereocenters. The van der Waals surface area contributed by atoms with Gasteiger partial charge >= 0.3 is 19.4 Å². The van der Waals surface area contributed by atoms with E-state index in [2.05, 4.69) is 10.1 Å². The minimum absolute atomic E-state index is 0.0677. The summed E-state index contributed by atoms with van der Waals surface area (Å²) >= 11 is 0. The van der Waals surface area contributed by atoms with Crippen molar-refractivity contribution in [3.05, 3.63) is 89.0 Å². The Hall–Kier alpha value is -3.58. The number of nitrogens with two attached hydrogens (primary N) is 1. The average Bonchev–Trinajstić information content (AvgIpc) is 3.40. The molecule has 5 rings (SSSR count). The van der Waals surface area contributed by atoms with E-state index in [0.29, 0.717) is 12.2 Å². The molecule has 6 atom stereocenters. The number of benzene rings is 2. The van der Waals surface area contributed by atoms with E-state index in [9.17, 15) is 14.2 Å². The fourth-order valence-corrected chi connectivity index (χ4v) is 7.19. The second kappa shape index (κ2) is 13.5. The third-order valence-electron chi connectivity index (χ3n) is 7.75. The van der Waals surface area contributed by atoms with Gasteiger partial charge in [0, 0.05) is 6.20 Å². The van der Waals surface area contributed by atoms with E-state index in [0.717, 1.165) is 5.56 Å². The average molecular weight is 671 g/mol. The number of aromatic nitrogens is 2. The summed E-state index contributed by atoms with van der Waals surface area (Å²) in [7, 11) is -4.20. The van der Waals surface area contributed by atoms with Crippen LogP contribution >= 0.6 is 7.75 Å². The van der Waals surface area contributed by atoms with Gasteiger partial charge in [-0.25, -0.2) is 14.4 Å².